The molecule has 2 atom stereocenters. The highest BCUT2D eigenvalue weighted by molar-refractivity contribution is 5.70. The molecule has 64 heavy (non-hydrogen) atoms. The second kappa shape index (κ2) is 45.5. The number of hydrogen-bond donors (Lipinski definition) is 0. The number of aliphatic carboxylic acids is 1. The van der Waals surface area contributed by atoms with E-state index in [1.54, 1.807) is 0 Å². The molecular formula is C55H89NO8. The van der Waals surface area contributed by atoms with Crippen molar-refractivity contribution in [2.45, 2.75) is 174 Å². The van der Waals surface area contributed by atoms with E-state index in [-0.39, 0.29) is 38.6 Å². The fraction of sp³-hybridized carbons (Fsp3) is 0.618. The Morgan fingerprint density at radius 2 is 0.891 bits per heavy atom. The van der Waals surface area contributed by atoms with Crippen LogP contribution in [0.4, 0.5) is 0 Å². The van der Waals surface area contributed by atoms with Crippen molar-refractivity contribution in [3.63, 3.8) is 0 Å². The number of carboxylic acids is 1. The first-order valence-corrected chi connectivity index (χ1v) is 24.5. The van der Waals surface area contributed by atoms with Crippen molar-refractivity contribution < 1.29 is 42.9 Å². The number of nitrogens with zero attached hydrogens (tertiary/aromatic N) is 1. The molecule has 0 N–H and O–H groups in total. The summed E-state index contributed by atoms with van der Waals surface area (Å²) in [6.45, 7) is 4.50. The number of esters is 2. The first kappa shape index (κ1) is 60.0. The van der Waals surface area contributed by atoms with Gasteiger partial charge in [-0.25, -0.2) is 0 Å². The number of quaternary nitrogens is 1. The van der Waals surface area contributed by atoms with Gasteiger partial charge in [-0.2, -0.15) is 0 Å². The van der Waals surface area contributed by atoms with E-state index in [9.17, 15) is 19.5 Å². The average Bonchev–Trinajstić information content (AvgIpc) is 3.26. The van der Waals surface area contributed by atoms with Gasteiger partial charge >= 0.3 is 11.9 Å². The predicted octanol–water partition coefficient (Wildman–Crippen LogP) is 12.3. The van der Waals surface area contributed by atoms with E-state index in [2.05, 4.69) is 123 Å². The lowest BCUT2D eigenvalue weighted by atomic mass is 10.1. The Bertz CT molecular complexity index is 1410. The van der Waals surface area contributed by atoms with Crippen LogP contribution in [0.15, 0.2) is 109 Å². The second-order valence-corrected chi connectivity index (χ2v) is 17.0. The molecule has 0 amide bonds. The highest BCUT2D eigenvalue weighted by Crippen LogP contribution is 2.11. The van der Waals surface area contributed by atoms with Crippen LogP contribution in [0.2, 0.25) is 0 Å². The first-order valence-electron chi connectivity index (χ1n) is 24.5. The molecule has 0 aromatic carbocycles. The standard InChI is InChI=1S/C55H89NO8/c1-6-8-10-12-14-16-18-20-22-23-24-25-26-27-28-29-30-31-32-34-36-38-40-42-44-46-53(58)64-51(50-63-55(54(59)60)61-48-47-56(3,4)5)49-62-52(57)45-43-41-39-37-35-33-21-19-17-15-13-11-9-7-2/h8,10,13-16,19-22,24-25,27-28,30-31,34,36,51,55H,6-7,9,11-12,17-18,23,26,29,32-33,35,37-50H2,1-5H3/b10-8-,15-13-,16-14-,21-19-,22-20-,25-24-,28-27-,31-30-,36-34-. The van der Waals surface area contributed by atoms with Gasteiger partial charge in [-0.3, -0.25) is 9.59 Å². The summed E-state index contributed by atoms with van der Waals surface area (Å²) in [6, 6.07) is 0. The predicted molar refractivity (Wildman–Crippen MR) is 264 cm³/mol. The van der Waals surface area contributed by atoms with Gasteiger partial charge in [0.05, 0.1) is 40.3 Å². The van der Waals surface area contributed by atoms with E-state index >= 15 is 0 Å². The highest BCUT2D eigenvalue weighted by Gasteiger charge is 2.21. The van der Waals surface area contributed by atoms with Gasteiger partial charge in [0, 0.05) is 12.8 Å². The molecule has 9 nitrogen and oxygen atoms in total. The van der Waals surface area contributed by atoms with Crippen molar-refractivity contribution in [3.05, 3.63) is 109 Å². The van der Waals surface area contributed by atoms with Gasteiger partial charge < -0.3 is 33.3 Å². The summed E-state index contributed by atoms with van der Waals surface area (Å²) in [5, 5.41) is 11.7. The van der Waals surface area contributed by atoms with Crippen LogP contribution in [0.1, 0.15) is 162 Å². The Morgan fingerprint density at radius 1 is 0.484 bits per heavy atom. The molecule has 0 heterocycles. The third-order valence-electron chi connectivity index (χ3n) is 9.75. The number of allylic oxidation sites excluding steroid dienone is 18. The number of ether oxygens (including phenoxy) is 4. The molecule has 0 rings (SSSR count). The maximum atomic E-state index is 12.8. The van der Waals surface area contributed by atoms with Crippen LogP contribution in [0.5, 0.6) is 0 Å². The Morgan fingerprint density at radius 3 is 1.34 bits per heavy atom. The van der Waals surface area contributed by atoms with Crippen molar-refractivity contribution in [2.75, 3.05) is 47.5 Å². The minimum absolute atomic E-state index is 0.132. The van der Waals surface area contributed by atoms with E-state index in [1.165, 1.54) is 12.8 Å². The first-order chi connectivity index (χ1) is 31.1. The second-order valence-electron chi connectivity index (χ2n) is 17.0. The molecule has 0 bridgehead atoms. The minimum Gasteiger partial charge on any atom is -0.545 e. The van der Waals surface area contributed by atoms with Crippen LogP contribution >= 0.6 is 0 Å². The van der Waals surface area contributed by atoms with Gasteiger partial charge in [-0.15, -0.1) is 0 Å². The maximum absolute atomic E-state index is 12.8. The Kier molecular flexibility index (Phi) is 42.6. The number of unbranched alkanes of at least 4 members (excludes halogenated alkanes) is 10. The molecule has 0 aromatic rings. The SMILES string of the molecule is CC/C=C\C/C=C\C/C=C\C/C=C\C/C=C\C/C=C\C/C=C\CCCCCC(=O)OC(COC(=O)CCCCCCC/C=C\C/C=C\CCCC)COC(OCC[N+](C)(C)C)C(=O)[O-]. The summed E-state index contributed by atoms with van der Waals surface area (Å²) in [5.41, 5.74) is 0. The summed E-state index contributed by atoms with van der Waals surface area (Å²) in [4.78, 5) is 37.1. The molecular weight excluding hydrogens is 803 g/mol. The molecule has 9 heteroatoms. The molecule has 2 unspecified atom stereocenters. The monoisotopic (exact) mass is 892 g/mol. The average molecular weight is 892 g/mol. The number of carbonyl (C=O) groups excluding carboxylic acids is 3. The largest absolute Gasteiger partial charge is 0.545 e. The zero-order valence-corrected chi connectivity index (χ0v) is 40.9. The van der Waals surface area contributed by atoms with E-state index in [0.29, 0.717) is 23.9 Å². The number of likely N-dealkylation sites (N-methyl/N-ethyl adjacent to an activating group) is 1. The highest BCUT2D eigenvalue weighted by atomic mass is 16.7. The van der Waals surface area contributed by atoms with E-state index < -0.39 is 24.3 Å². The van der Waals surface area contributed by atoms with Crippen LogP contribution < -0.4 is 5.11 Å². The molecule has 0 aliphatic carbocycles. The zero-order valence-electron chi connectivity index (χ0n) is 40.9. The molecule has 0 saturated heterocycles. The smallest absolute Gasteiger partial charge is 0.306 e. The summed E-state index contributed by atoms with van der Waals surface area (Å²) in [5.74, 6) is -2.37. The molecule has 0 saturated carbocycles. The molecule has 0 spiro atoms. The van der Waals surface area contributed by atoms with Gasteiger partial charge in [0.15, 0.2) is 12.4 Å². The van der Waals surface area contributed by atoms with Gasteiger partial charge in [0.2, 0.25) is 0 Å². The normalized spacial score (nSPS) is 13.8. The lowest BCUT2D eigenvalue weighted by Gasteiger charge is -2.26. The zero-order chi connectivity index (χ0) is 47.0. The van der Waals surface area contributed by atoms with E-state index in [4.69, 9.17) is 18.9 Å². The lowest BCUT2D eigenvalue weighted by Crippen LogP contribution is -2.44. The Hall–Kier alpha value is -4.05. The number of hydrogen-bond acceptors (Lipinski definition) is 8. The van der Waals surface area contributed by atoms with Crippen LogP contribution in [0.3, 0.4) is 0 Å². The van der Waals surface area contributed by atoms with E-state index in [0.717, 1.165) is 109 Å². The Balaban J connectivity index is 4.48. The molecule has 0 aromatic heterocycles. The van der Waals surface area contributed by atoms with Gasteiger partial charge in [-0.05, 0) is 96.3 Å². The third kappa shape index (κ3) is 46.0. The molecule has 0 radical (unpaired) electrons. The third-order valence-corrected chi connectivity index (χ3v) is 9.75. The number of carboxylic acid groups (broad SMARTS) is 1. The fourth-order valence-corrected chi connectivity index (χ4v) is 5.94. The molecule has 362 valence electrons. The summed E-state index contributed by atoms with van der Waals surface area (Å²) >= 11 is 0. The molecule has 0 aliphatic heterocycles. The number of rotatable bonds is 43. The molecule has 0 aliphatic rings. The topological polar surface area (TPSA) is 111 Å². The summed E-state index contributed by atoms with van der Waals surface area (Å²) < 4.78 is 22.5. The van der Waals surface area contributed by atoms with Crippen molar-refractivity contribution >= 4 is 17.9 Å². The van der Waals surface area contributed by atoms with Crippen LogP contribution in [-0.2, 0) is 33.3 Å². The van der Waals surface area contributed by atoms with Crippen LogP contribution in [0.25, 0.3) is 0 Å². The van der Waals surface area contributed by atoms with Crippen molar-refractivity contribution in [2.24, 2.45) is 0 Å². The Labute approximate surface area is 390 Å². The van der Waals surface area contributed by atoms with Crippen molar-refractivity contribution in [3.8, 4) is 0 Å². The summed E-state index contributed by atoms with van der Waals surface area (Å²) in [7, 11) is 5.88. The molecule has 0 fully saturated rings. The van der Waals surface area contributed by atoms with Gasteiger partial charge in [0.25, 0.3) is 0 Å². The lowest BCUT2D eigenvalue weighted by molar-refractivity contribution is -0.870. The van der Waals surface area contributed by atoms with Gasteiger partial charge in [0.1, 0.15) is 13.2 Å². The fourth-order valence-electron chi connectivity index (χ4n) is 5.94. The maximum Gasteiger partial charge on any atom is 0.306 e. The minimum atomic E-state index is -1.64. The van der Waals surface area contributed by atoms with E-state index in [1.807, 2.05) is 21.1 Å². The van der Waals surface area contributed by atoms with Crippen molar-refractivity contribution in [1.29, 1.82) is 0 Å². The van der Waals surface area contributed by atoms with Gasteiger partial charge in [-0.1, -0.05) is 162 Å². The summed E-state index contributed by atoms with van der Waals surface area (Å²) in [6.07, 6.45) is 58.4. The van der Waals surface area contributed by atoms with Crippen LogP contribution in [-0.4, -0.2) is 82.3 Å². The van der Waals surface area contributed by atoms with Crippen molar-refractivity contribution in [1.82, 2.24) is 0 Å². The quantitative estimate of drug-likeness (QED) is 0.0196. The number of carbonyl (C=O) groups is 3. The van der Waals surface area contributed by atoms with Crippen LogP contribution in [0, 0.1) is 0 Å².